The first-order chi connectivity index (χ1) is 9.82. The fraction of sp³-hybridized carbons (Fsp3) is 0.267. The Balaban J connectivity index is 3.08. The molecule has 0 saturated carbocycles. The number of benzene rings is 1. The predicted molar refractivity (Wildman–Crippen MR) is 81.3 cm³/mol. The third kappa shape index (κ3) is 4.27. The van der Waals surface area contributed by atoms with Crippen molar-refractivity contribution in [1.82, 2.24) is 4.31 Å². The first-order valence-corrected chi connectivity index (χ1v) is 7.70. The molecule has 0 bridgehead atoms. The van der Waals surface area contributed by atoms with Gasteiger partial charge in [-0.25, -0.2) is 13.2 Å². The van der Waals surface area contributed by atoms with Crippen LogP contribution in [0.2, 0.25) is 0 Å². The molecule has 1 aromatic rings. The van der Waals surface area contributed by atoms with Gasteiger partial charge in [-0.3, -0.25) is 0 Å². The second-order valence-corrected chi connectivity index (χ2v) is 6.43. The van der Waals surface area contributed by atoms with E-state index in [1.54, 1.807) is 12.1 Å². The van der Waals surface area contributed by atoms with E-state index in [2.05, 4.69) is 17.9 Å². The lowest BCUT2D eigenvalue weighted by atomic mass is 10.2. The number of esters is 1. The number of carbonyl (C=O) groups excluding carboxylic acids is 1. The zero-order valence-corrected chi connectivity index (χ0v) is 13.0. The van der Waals surface area contributed by atoms with Crippen LogP contribution in [0.15, 0.2) is 54.0 Å². The minimum absolute atomic E-state index is 0.0648. The van der Waals surface area contributed by atoms with Gasteiger partial charge in [0.05, 0.1) is 12.0 Å². The number of carbonyl (C=O) groups is 1. The maximum Gasteiger partial charge on any atom is 0.334 e. The molecule has 0 aliphatic carbocycles. The molecule has 5 nitrogen and oxygen atoms in total. The summed E-state index contributed by atoms with van der Waals surface area (Å²) in [7, 11) is -2.50. The van der Waals surface area contributed by atoms with E-state index in [9.17, 15) is 13.2 Å². The molecular weight excluding hydrogens is 290 g/mol. The van der Waals surface area contributed by atoms with Crippen LogP contribution < -0.4 is 0 Å². The Morgan fingerprint density at radius 1 is 1.33 bits per heavy atom. The molecule has 0 N–H and O–H groups in total. The number of methoxy groups -OCH3 is 1. The normalized spacial score (nSPS) is 11.2. The highest BCUT2D eigenvalue weighted by atomic mass is 32.2. The second kappa shape index (κ2) is 7.19. The van der Waals surface area contributed by atoms with Crippen LogP contribution in [0.3, 0.4) is 0 Å². The number of nitrogens with zero attached hydrogens (tertiary/aromatic N) is 1. The molecule has 0 aliphatic rings. The third-order valence-electron chi connectivity index (χ3n) is 2.83. The Hall–Kier alpha value is -1.92. The summed E-state index contributed by atoms with van der Waals surface area (Å²) in [6.45, 7) is 8.90. The Kier molecular flexibility index (Phi) is 5.87. The summed E-state index contributed by atoms with van der Waals surface area (Å²) in [5, 5.41) is 0. The Morgan fingerprint density at radius 2 is 1.90 bits per heavy atom. The van der Waals surface area contributed by atoms with Gasteiger partial charge >= 0.3 is 5.97 Å². The van der Waals surface area contributed by atoms with Crippen molar-refractivity contribution in [2.75, 3.05) is 20.2 Å². The van der Waals surface area contributed by atoms with Crippen molar-refractivity contribution in [2.24, 2.45) is 0 Å². The van der Waals surface area contributed by atoms with Crippen molar-refractivity contribution >= 4 is 16.0 Å². The molecule has 0 spiro atoms. The summed E-state index contributed by atoms with van der Waals surface area (Å²) >= 11 is 0. The summed E-state index contributed by atoms with van der Waals surface area (Å²) in [4.78, 5) is 11.6. The lowest BCUT2D eigenvalue weighted by molar-refractivity contribution is -0.136. The van der Waals surface area contributed by atoms with E-state index in [-0.39, 0.29) is 23.6 Å². The molecule has 0 saturated heterocycles. The highest BCUT2D eigenvalue weighted by Gasteiger charge is 2.25. The molecule has 0 unspecified atom stereocenters. The molecule has 6 heteroatoms. The van der Waals surface area contributed by atoms with Crippen molar-refractivity contribution in [3.05, 3.63) is 54.6 Å². The van der Waals surface area contributed by atoms with Gasteiger partial charge in [-0.1, -0.05) is 30.4 Å². The molecule has 114 valence electrons. The maximum absolute atomic E-state index is 12.6. The van der Waals surface area contributed by atoms with Crippen LogP contribution >= 0.6 is 0 Å². The third-order valence-corrected chi connectivity index (χ3v) is 4.66. The minimum atomic E-state index is -3.72. The largest absolute Gasteiger partial charge is 0.466 e. The average Bonchev–Trinajstić information content (AvgIpc) is 2.46. The van der Waals surface area contributed by atoms with E-state index < -0.39 is 16.0 Å². The van der Waals surface area contributed by atoms with Gasteiger partial charge in [0.2, 0.25) is 10.0 Å². The zero-order valence-electron chi connectivity index (χ0n) is 12.2. The van der Waals surface area contributed by atoms with E-state index in [0.717, 1.165) is 9.87 Å². The number of hydrogen-bond donors (Lipinski definition) is 0. The number of sulfonamides is 1. The first-order valence-electron chi connectivity index (χ1n) is 6.26. The van der Waals surface area contributed by atoms with Gasteiger partial charge in [0, 0.05) is 18.7 Å². The summed E-state index contributed by atoms with van der Waals surface area (Å²) in [5.41, 5.74) is 1.03. The van der Waals surface area contributed by atoms with Gasteiger partial charge in [-0.05, 0) is 19.1 Å². The topological polar surface area (TPSA) is 63.7 Å². The van der Waals surface area contributed by atoms with Gasteiger partial charge in [-0.15, -0.1) is 6.58 Å². The van der Waals surface area contributed by atoms with Crippen LogP contribution in [-0.2, 0) is 19.6 Å². The highest BCUT2D eigenvalue weighted by molar-refractivity contribution is 7.89. The van der Waals surface area contributed by atoms with Crippen molar-refractivity contribution in [3.63, 3.8) is 0 Å². The Morgan fingerprint density at radius 3 is 2.38 bits per heavy atom. The number of ether oxygens (including phenoxy) is 1. The summed E-state index contributed by atoms with van der Waals surface area (Å²) in [5.74, 6) is -0.636. The van der Waals surface area contributed by atoms with Gasteiger partial charge < -0.3 is 4.74 Å². The van der Waals surface area contributed by atoms with Gasteiger partial charge in [0.25, 0.3) is 0 Å². The standard InChI is InChI=1S/C15H19NO4S/c1-5-10-16(11-13(3)15(17)20-4)21(18,19)14-8-6-12(2)7-9-14/h5-9H,1,3,10-11H2,2,4H3. The summed E-state index contributed by atoms with van der Waals surface area (Å²) < 4.78 is 30.8. The summed E-state index contributed by atoms with van der Waals surface area (Å²) in [6.07, 6.45) is 1.45. The average molecular weight is 309 g/mol. The Bertz CT molecular complexity index is 632. The van der Waals surface area contributed by atoms with Gasteiger partial charge in [0.1, 0.15) is 0 Å². The molecule has 21 heavy (non-hydrogen) atoms. The first kappa shape index (κ1) is 17.1. The molecular formula is C15H19NO4S. The fourth-order valence-electron chi connectivity index (χ4n) is 1.67. The van der Waals surface area contributed by atoms with Crippen molar-refractivity contribution < 1.29 is 17.9 Å². The second-order valence-electron chi connectivity index (χ2n) is 4.49. The fourth-order valence-corrected chi connectivity index (χ4v) is 3.08. The maximum atomic E-state index is 12.6. The Labute approximate surface area is 125 Å². The number of hydrogen-bond acceptors (Lipinski definition) is 4. The number of aryl methyl sites for hydroxylation is 1. The van der Waals surface area contributed by atoms with Gasteiger partial charge in [0.15, 0.2) is 0 Å². The summed E-state index contributed by atoms with van der Waals surface area (Å²) in [6, 6.07) is 6.49. The molecule has 0 amide bonds. The molecule has 1 aromatic carbocycles. The van der Waals surface area contributed by atoms with Crippen LogP contribution in [0, 0.1) is 6.92 Å². The van der Waals surface area contributed by atoms with E-state index >= 15 is 0 Å². The molecule has 0 radical (unpaired) electrons. The van der Waals surface area contributed by atoms with Crippen LogP contribution in [0.1, 0.15) is 5.56 Å². The quantitative estimate of drug-likeness (QED) is 0.438. The van der Waals surface area contributed by atoms with Crippen LogP contribution in [0.4, 0.5) is 0 Å². The van der Waals surface area contributed by atoms with E-state index in [0.29, 0.717) is 0 Å². The SMILES string of the molecule is C=CCN(CC(=C)C(=O)OC)S(=O)(=O)c1ccc(C)cc1. The molecule has 0 atom stereocenters. The molecule has 1 rings (SSSR count). The van der Waals surface area contributed by atoms with E-state index in [4.69, 9.17) is 0 Å². The van der Waals surface area contributed by atoms with Crippen molar-refractivity contribution in [3.8, 4) is 0 Å². The molecule has 0 heterocycles. The van der Waals surface area contributed by atoms with Crippen molar-refractivity contribution in [2.45, 2.75) is 11.8 Å². The van der Waals surface area contributed by atoms with E-state index in [1.807, 2.05) is 6.92 Å². The van der Waals surface area contributed by atoms with E-state index in [1.165, 1.54) is 25.3 Å². The smallest absolute Gasteiger partial charge is 0.334 e. The molecule has 0 aromatic heterocycles. The van der Waals surface area contributed by atoms with Crippen LogP contribution in [0.5, 0.6) is 0 Å². The van der Waals surface area contributed by atoms with Crippen LogP contribution in [-0.4, -0.2) is 38.9 Å². The van der Waals surface area contributed by atoms with Crippen molar-refractivity contribution in [1.29, 1.82) is 0 Å². The molecule has 0 fully saturated rings. The molecule has 0 aliphatic heterocycles. The lowest BCUT2D eigenvalue weighted by Gasteiger charge is -2.21. The minimum Gasteiger partial charge on any atom is -0.466 e. The number of rotatable bonds is 7. The monoisotopic (exact) mass is 309 g/mol. The highest BCUT2D eigenvalue weighted by Crippen LogP contribution is 2.17. The van der Waals surface area contributed by atoms with Crippen LogP contribution in [0.25, 0.3) is 0 Å². The van der Waals surface area contributed by atoms with Gasteiger partial charge in [-0.2, -0.15) is 4.31 Å². The zero-order chi connectivity index (χ0) is 16.0. The lowest BCUT2D eigenvalue weighted by Crippen LogP contribution is -2.34. The predicted octanol–water partition coefficient (Wildman–Crippen LogP) is 1.90.